The van der Waals surface area contributed by atoms with Gasteiger partial charge in [-0.15, -0.1) is 0 Å². The van der Waals surface area contributed by atoms with Crippen molar-refractivity contribution in [3.8, 4) is 11.1 Å². The van der Waals surface area contributed by atoms with Gasteiger partial charge in [-0.2, -0.15) is 0 Å². The molecule has 4 aromatic carbocycles. The number of para-hydroxylation sites is 2. The molecule has 1 heterocycles. The summed E-state index contributed by atoms with van der Waals surface area (Å²) in [6.45, 7) is 7.84. The lowest BCUT2D eigenvalue weighted by Crippen LogP contribution is -2.40. The highest BCUT2D eigenvalue weighted by Crippen LogP contribution is 2.45. The van der Waals surface area contributed by atoms with Crippen LogP contribution in [0.4, 0.5) is 17.1 Å². The van der Waals surface area contributed by atoms with E-state index in [0.29, 0.717) is 0 Å². The number of unbranched alkanes of at least 4 members (excludes halogenated alkanes) is 5. The Balaban J connectivity index is 1.62. The van der Waals surface area contributed by atoms with Crippen molar-refractivity contribution < 1.29 is 0 Å². The van der Waals surface area contributed by atoms with E-state index in [1.165, 1.54) is 71.4 Å². The lowest BCUT2D eigenvalue weighted by Gasteiger charge is -2.38. The van der Waals surface area contributed by atoms with Gasteiger partial charge in [0, 0.05) is 17.7 Å². The van der Waals surface area contributed by atoms with Crippen LogP contribution in [0.3, 0.4) is 0 Å². The fraction of sp³-hybridized carbons (Fsp3) is 0.235. The maximum atomic E-state index is 4.60. The van der Waals surface area contributed by atoms with Crippen molar-refractivity contribution in [3.63, 3.8) is 0 Å². The Morgan fingerprint density at radius 2 is 1.22 bits per heavy atom. The average Bonchev–Trinajstić information content (AvgIpc) is 3.04. The third-order valence-corrected chi connectivity index (χ3v) is 7.13. The molecule has 1 aliphatic rings. The molecule has 0 aromatic heterocycles. The summed E-state index contributed by atoms with van der Waals surface area (Å²) in [7, 11) is 0. The van der Waals surface area contributed by atoms with E-state index in [1.54, 1.807) is 0 Å². The summed E-state index contributed by atoms with van der Waals surface area (Å²) in [6.07, 6.45) is 7.65. The smallest absolute Gasteiger partial charge is 0.0717 e. The normalized spacial score (nSPS) is 12.8. The van der Waals surface area contributed by atoms with Gasteiger partial charge in [-0.3, -0.25) is 10.0 Å². The molecule has 0 unspecified atom stereocenters. The first-order chi connectivity index (χ1) is 17.8. The highest BCUT2D eigenvalue weighted by molar-refractivity contribution is 5.96. The molecule has 0 saturated heterocycles. The number of hydrogen-bond donors (Lipinski definition) is 0. The molecular formula is C34H36N2. The van der Waals surface area contributed by atoms with E-state index in [2.05, 4.69) is 127 Å². The second-order valence-electron chi connectivity index (χ2n) is 9.63. The third-order valence-electron chi connectivity index (χ3n) is 7.13. The Labute approximate surface area is 216 Å². The number of fused-ring (bicyclic) bond motifs is 2. The molecule has 4 aromatic rings. The minimum absolute atomic E-state index is 0.959. The molecule has 182 valence electrons. The highest BCUT2D eigenvalue weighted by Gasteiger charge is 2.29. The van der Waals surface area contributed by atoms with Crippen LogP contribution in [0.15, 0.2) is 110 Å². The average molecular weight is 473 g/mol. The topological polar surface area (TPSA) is 6.48 Å². The van der Waals surface area contributed by atoms with Crippen LogP contribution < -0.4 is 10.0 Å². The fourth-order valence-corrected chi connectivity index (χ4v) is 5.22. The minimum atomic E-state index is 0.959. The van der Waals surface area contributed by atoms with Crippen molar-refractivity contribution in [1.29, 1.82) is 0 Å². The lowest BCUT2D eigenvalue weighted by molar-refractivity contribution is 0.599. The van der Waals surface area contributed by atoms with Crippen molar-refractivity contribution in [2.75, 3.05) is 16.6 Å². The summed E-state index contributed by atoms with van der Waals surface area (Å²) in [5.74, 6) is 0. The molecule has 0 saturated carbocycles. The largest absolute Gasteiger partial charge is 0.280 e. The summed E-state index contributed by atoms with van der Waals surface area (Å²) in [5.41, 5.74) is 9.46. The Kier molecular flexibility index (Phi) is 7.52. The number of anilines is 3. The Hall–Kier alpha value is -3.78. The zero-order chi connectivity index (χ0) is 24.7. The van der Waals surface area contributed by atoms with E-state index in [4.69, 9.17) is 0 Å². The Morgan fingerprint density at radius 1 is 0.583 bits per heavy atom. The molecule has 2 heteroatoms. The van der Waals surface area contributed by atoms with Gasteiger partial charge in [0.1, 0.15) is 0 Å². The van der Waals surface area contributed by atoms with Gasteiger partial charge >= 0.3 is 0 Å². The van der Waals surface area contributed by atoms with Gasteiger partial charge in [0.2, 0.25) is 0 Å². The summed E-state index contributed by atoms with van der Waals surface area (Å²) >= 11 is 0. The van der Waals surface area contributed by atoms with Crippen LogP contribution in [0.25, 0.3) is 16.7 Å². The van der Waals surface area contributed by atoms with Crippen LogP contribution in [-0.4, -0.2) is 6.54 Å². The minimum Gasteiger partial charge on any atom is -0.280 e. The number of rotatable bonds is 9. The predicted molar refractivity (Wildman–Crippen MR) is 156 cm³/mol. The van der Waals surface area contributed by atoms with Crippen molar-refractivity contribution in [3.05, 3.63) is 121 Å². The number of hydrazine groups is 1. The van der Waals surface area contributed by atoms with Crippen molar-refractivity contribution in [2.45, 2.75) is 45.4 Å². The lowest BCUT2D eigenvalue weighted by atomic mass is 9.94. The summed E-state index contributed by atoms with van der Waals surface area (Å²) in [4.78, 5) is 0. The summed E-state index contributed by atoms with van der Waals surface area (Å²) < 4.78 is 0. The monoisotopic (exact) mass is 472 g/mol. The van der Waals surface area contributed by atoms with Crippen LogP contribution in [0.5, 0.6) is 0 Å². The highest BCUT2D eigenvalue weighted by atomic mass is 15.6. The van der Waals surface area contributed by atoms with Gasteiger partial charge in [0.05, 0.1) is 17.1 Å². The molecule has 0 aliphatic carbocycles. The first-order valence-corrected chi connectivity index (χ1v) is 13.4. The van der Waals surface area contributed by atoms with Crippen LogP contribution in [0, 0.1) is 0 Å². The predicted octanol–water partition coefficient (Wildman–Crippen LogP) is 9.65. The first-order valence-electron chi connectivity index (χ1n) is 13.4. The molecule has 36 heavy (non-hydrogen) atoms. The maximum Gasteiger partial charge on any atom is 0.0717 e. The molecule has 0 N–H and O–H groups in total. The molecular weight excluding hydrogens is 436 g/mol. The van der Waals surface area contributed by atoms with E-state index < -0.39 is 0 Å². The van der Waals surface area contributed by atoms with Crippen LogP contribution in [0.2, 0.25) is 0 Å². The summed E-state index contributed by atoms with van der Waals surface area (Å²) in [6, 6.07) is 37.0. The van der Waals surface area contributed by atoms with Crippen molar-refractivity contribution in [2.24, 2.45) is 0 Å². The molecule has 0 bridgehead atoms. The van der Waals surface area contributed by atoms with Crippen LogP contribution in [0.1, 0.15) is 56.6 Å². The van der Waals surface area contributed by atoms with Gasteiger partial charge in [0.15, 0.2) is 0 Å². The molecule has 0 fully saturated rings. The zero-order valence-electron chi connectivity index (χ0n) is 21.4. The van der Waals surface area contributed by atoms with Crippen molar-refractivity contribution in [1.82, 2.24) is 0 Å². The SMILES string of the molecule is C=C1c2ccccc2N(CCCCCCCC)N(c2ccccc2)c2cc(-c3ccccc3)ccc21. The second-order valence-corrected chi connectivity index (χ2v) is 9.63. The number of hydrogen-bond acceptors (Lipinski definition) is 2. The third kappa shape index (κ3) is 4.95. The molecule has 0 atom stereocenters. The number of benzene rings is 4. The van der Waals surface area contributed by atoms with Gasteiger partial charge in [0.25, 0.3) is 0 Å². The molecule has 0 amide bonds. The van der Waals surface area contributed by atoms with Gasteiger partial charge in [-0.1, -0.05) is 124 Å². The zero-order valence-corrected chi connectivity index (χ0v) is 21.4. The van der Waals surface area contributed by atoms with Crippen LogP contribution >= 0.6 is 0 Å². The second kappa shape index (κ2) is 11.3. The molecule has 1 aliphatic heterocycles. The van der Waals surface area contributed by atoms with E-state index in [9.17, 15) is 0 Å². The van der Waals surface area contributed by atoms with E-state index in [0.717, 1.165) is 18.5 Å². The maximum absolute atomic E-state index is 4.60. The Bertz CT molecular complexity index is 1290. The van der Waals surface area contributed by atoms with Crippen LogP contribution in [-0.2, 0) is 0 Å². The molecule has 0 radical (unpaired) electrons. The Morgan fingerprint density at radius 3 is 2.00 bits per heavy atom. The first kappa shape index (κ1) is 23.9. The standard InChI is InChI=1S/C34H36N2/c1-3-4-5-6-7-16-25-35-33-22-15-14-21-31(33)27(2)32-24-23-29(28-17-10-8-11-18-28)26-34(32)36(35)30-19-12-9-13-20-30/h8-15,17-24,26H,2-7,16,25H2,1H3. The quantitative estimate of drug-likeness (QED) is 0.224. The van der Waals surface area contributed by atoms with E-state index in [-0.39, 0.29) is 0 Å². The van der Waals surface area contributed by atoms with Gasteiger partial charge < -0.3 is 0 Å². The number of nitrogens with zero attached hydrogens (tertiary/aromatic N) is 2. The van der Waals surface area contributed by atoms with Gasteiger partial charge in [-0.25, -0.2) is 0 Å². The van der Waals surface area contributed by atoms with Gasteiger partial charge in [-0.05, 0) is 47.4 Å². The molecule has 0 spiro atoms. The summed E-state index contributed by atoms with van der Waals surface area (Å²) in [5, 5.41) is 4.90. The van der Waals surface area contributed by atoms with Crippen molar-refractivity contribution >= 4 is 22.6 Å². The molecule has 2 nitrogen and oxygen atoms in total. The van der Waals surface area contributed by atoms with E-state index in [1.807, 2.05) is 0 Å². The fourth-order valence-electron chi connectivity index (χ4n) is 5.22. The molecule has 5 rings (SSSR count). The van der Waals surface area contributed by atoms with E-state index >= 15 is 0 Å².